The molecule has 2 rings (SSSR count). The number of esters is 1. The fourth-order valence-corrected chi connectivity index (χ4v) is 4.73. The number of rotatable bonds is 21. The standard InChI is InChI=1S/C31H46N2O6/c1-3-5-7-9-11-13-20-33(21-14-12-10-8-6-4-2)26-18-19-27-25(22-31(36)39-28(27)23-26)24-38-30(35)17-15-16-29(34)32-37/h18-19,22-23H,3-17,20-21,24H2,1-2H3. The van der Waals surface area contributed by atoms with Gasteiger partial charge in [0, 0.05) is 59.9 Å². The fraction of sp³-hybridized carbons (Fsp3) is 0.645. The Labute approximate surface area is 232 Å². The van der Waals surface area contributed by atoms with Crippen LogP contribution in [-0.2, 0) is 20.9 Å². The third-order valence-electron chi connectivity index (χ3n) is 7.00. The topological polar surface area (TPSA) is 106 Å². The minimum Gasteiger partial charge on any atom is -0.461 e. The Hall–Kier alpha value is -3.03. The number of anilines is 1. The smallest absolute Gasteiger partial charge is 0.336 e. The van der Waals surface area contributed by atoms with Gasteiger partial charge in [-0.3, -0.25) is 9.59 Å². The second kappa shape index (κ2) is 19.1. The molecule has 0 bridgehead atoms. The number of unbranched alkanes of at least 4 members (excludes halogenated alkanes) is 10. The van der Waals surface area contributed by atoms with Crippen LogP contribution in [0.5, 0.6) is 0 Å². The summed E-state index contributed by atoms with van der Waals surface area (Å²) < 4.78 is 10.9. The zero-order valence-electron chi connectivity index (χ0n) is 23.9. The average molecular weight is 543 g/mol. The van der Waals surface area contributed by atoms with E-state index >= 15 is 0 Å². The zero-order chi connectivity index (χ0) is 28.3. The fourth-order valence-electron chi connectivity index (χ4n) is 4.73. The Morgan fingerprint density at radius 1 is 0.821 bits per heavy atom. The second-order valence-corrected chi connectivity index (χ2v) is 10.3. The number of carbonyl (C=O) groups excluding carboxylic acids is 2. The van der Waals surface area contributed by atoms with Gasteiger partial charge in [0.2, 0.25) is 0 Å². The largest absolute Gasteiger partial charge is 0.461 e. The van der Waals surface area contributed by atoms with Crippen LogP contribution in [-0.4, -0.2) is 25.0 Å². The Morgan fingerprint density at radius 2 is 1.44 bits per heavy atom. The highest BCUT2D eigenvalue weighted by Gasteiger charge is 2.13. The Morgan fingerprint density at radius 3 is 2.05 bits per heavy atom. The molecular weight excluding hydrogens is 496 g/mol. The summed E-state index contributed by atoms with van der Waals surface area (Å²) >= 11 is 0. The van der Waals surface area contributed by atoms with Crippen LogP contribution in [0, 0.1) is 4.91 Å². The van der Waals surface area contributed by atoms with E-state index < -0.39 is 17.5 Å². The van der Waals surface area contributed by atoms with Gasteiger partial charge >= 0.3 is 11.6 Å². The highest BCUT2D eigenvalue weighted by molar-refractivity contribution is 5.84. The van der Waals surface area contributed by atoms with Gasteiger partial charge in [-0.25, -0.2) is 4.79 Å². The molecule has 1 amide bonds. The molecular formula is C31H46N2O6. The number of ether oxygens (including phenoxy) is 1. The monoisotopic (exact) mass is 542 g/mol. The van der Waals surface area contributed by atoms with E-state index in [1.807, 2.05) is 12.1 Å². The van der Waals surface area contributed by atoms with Gasteiger partial charge in [0.25, 0.3) is 5.91 Å². The minimum atomic E-state index is -0.785. The van der Waals surface area contributed by atoms with Crippen LogP contribution in [0.2, 0.25) is 0 Å². The number of nitrogens with zero attached hydrogens (tertiary/aromatic N) is 2. The van der Waals surface area contributed by atoms with Crippen molar-refractivity contribution in [2.24, 2.45) is 5.18 Å². The summed E-state index contributed by atoms with van der Waals surface area (Å²) in [6, 6.07) is 7.26. The Balaban J connectivity index is 2.07. The third-order valence-corrected chi connectivity index (χ3v) is 7.00. The van der Waals surface area contributed by atoms with Crippen LogP contribution in [0.15, 0.2) is 38.7 Å². The summed E-state index contributed by atoms with van der Waals surface area (Å²) in [6.07, 6.45) is 15.0. The molecule has 0 saturated carbocycles. The van der Waals surface area contributed by atoms with E-state index in [-0.39, 0.29) is 25.9 Å². The lowest BCUT2D eigenvalue weighted by Crippen LogP contribution is -2.25. The number of fused-ring (bicyclic) bond motifs is 1. The predicted octanol–water partition coefficient (Wildman–Crippen LogP) is 7.83. The average Bonchev–Trinajstić information content (AvgIpc) is 2.93. The van der Waals surface area contributed by atoms with Gasteiger partial charge in [0.05, 0.1) is 0 Å². The van der Waals surface area contributed by atoms with Gasteiger partial charge in [-0.05, 0) is 31.4 Å². The Bertz CT molecular complexity index is 1060. The van der Waals surface area contributed by atoms with Crippen LogP contribution < -0.4 is 10.5 Å². The van der Waals surface area contributed by atoms with E-state index in [1.54, 1.807) is 0 Å². The van der Waals surface area contributed by atoms with Crippen LogP contribution in [0.4, 0.5) is 5.69 Å². The molecule has 0 unspecified atom stereocenters. The molecule has 0 saturated heterocycles. The van der Waals surface area contributed by atoms with Gasteiger partial charge in [-0.15, -0.1) is 4.91 Å². The van der Waals surface area contributed by atoms with E-state index in [1.165, 1.54) is 70.3 Å². The predicted molar refractivity (Wildman–Crippen MR) is 156 cm³/mol. The highest BCUT2D eigenvalue weighted by atomic mass is 16.5. The van der Waals surface area contributed by atoms with Gasteiger partial charge in [-0.2, -0.15) is 0 Å². The molecule has 8 nitrogen and oxygen atoms in total. The van der Waals surface area contributed by atoms with E-state index in [9.17, 15) is 19.3 Å². The number of amides is 1. The maximum Gasteiger partial charge on any atom is 0.336 e. The van der Waals surface area contributed by atoms with Crippen molar-refractivity contribution in [1.82, 2.24) is 0 Å². The molecule has 2 aromatic rings. The number of hydrogen-bond acceptors (Lipinski definition) is 7. The van der Waals surface area contributed by atoms with Gasteiger partial charge in [-0.1, -0.05) is 78.1 Å². The van der Waals surface area contributed by atoms with E-state index in [4.69, 9.17) is 9.15 Å². The summed E-state index contributed by atoms with van der Waals surface area (Å²) in [5.41, 5.74) is 1.59. The van der Waals surface area contributed by atoms with Gasteiger partial charge in [0.15, 0.2) is 0 Å². The lowest BCUT2D eigenvalue weighted by molar-refractivity contribution is -0.145. The lowest BCUT2D eigenvalue weighted by atomic mass is 10.1. The van der Waals surface area contributed by atoms with Crippen molar-refractivity contribution < 1.29 is 18.7 Å². The first-order valence-corrected chi connectivity index (χ1v) is 14.8. The first kappa shape index (κ1) is 32.2. The van der Waals surface area contributed by atoms with Crippen LogP contribution in [0.25, 0.3) is 11.0 Å². The number of nitroso groups, excluding NO2 is 1. The SMILES string of the molecule is CCCCCCCCN(CCCCCCCC)c1ccc2c(COC(=O)CCCC(=O)N=O)cc(=O)oc2c1. The molecule has 1 aromatic heterocycles. The summed E-state index contributed by atoms with van der Waals surface area (Å²) in [4.78, 5) is 47.9. The van der Waals surface area contributed by atoms with E-state index in [2.05, 4.69) is 30.0 Å². The van der Waals surface area contributed by atoms with Crippen LogP contribution in [0.1, 0.15) is 116 Å². The van der Waals surface area contributed by atoms with Crippen molar-refractivity contribution in [3.8, 4) is 0 Å². The molecule has 8 heteroatoms. The summed E-state index contributed by atoms with van der Waals surface area (Å²) in [7, 11) is 0. The highest BCUT2D eigenvalue weighted by Crippen LogP contribution is 2.26. The molecule has 0 aliphatic carbocycles. The summed E-state index contributed by atoms with van der Waals surface area (Å²) in [5.74, 6) is -1.29. The Kier molecular flexibility index (Phi) is 15.8. The normalized spacial score (nSPS) is 11.0. The molecule has 216 valence electrons. The molecule has 0 atom stereocenters. The molecule has 0 fully saturated rings. The van der Waals surface area contributed by atoms with Crippen molar-refractivity contribution >= 4 is 28.5 Å². The maximum absolute atomic E-state index is 12.3. The minimum absolute atomic E-state index is 0.00334. The maximum atomic E-state index is 12.3. The molecule has 0 aliphatic heterocycles. The molecule has 1 heterocycles. The van der Waals surface area contributed by atoms with Gasteiger partial charge < -0.3 is 14.1 Å². The lowest BCUT2D eigenvalue weighted by Gasteiger charge is -2.25. The van der Waals surface area contributed by atoms with Crippen LogP contribution >= 0.6 is 0 Å². The number of benzene rings is 1. The molecule has 1 aromatic carbocycles. The summed E-state index contributed by atoms with van der Waals surface area (Å²) in [6.45, 7) is 6.33. The zero-order valence-corrected chi connectivity index (χ0v) is 23.9. The first-order valence-electron chi connectivity index (χ1n) is 14.8. The first-order chi connectivity index (χ1) is 19.0. The summed E-state index contributed by atoms with van der Waals surface area (Å²) in [5, 5.41) is 3.04. The number of hydrogen-bond donors (Lipinski definition) is 0. The van der Waals surface area contributed by atoms with Crippen molar-refractivity contribution in [3.63, 3.8) is 0 Å². The molecule has 0 spiro atoms. The van der Waals surface area contributed by atoms with Crippen LogP contribution in [0.3, 0.4) is 0 Å². The molecule has 39 heavy (non-hydrogen) atoms. The van der Waals surface area contributed by atoms with E-state index in [0.717, 1.165) is 37.0 Å². The van der Waals surface area contributed by atoms with Crippen molar-refractivity contribution in [2.45, 2.75) is 117 Å². The second-order valence-electron chi connectivity index (χ2n) is 10.3. The van der Waals surface area contributed by atoms with E-state index in [0.29, 0.717) is 11.1 Å². The molecule has 0 N–H and O–H groups in total. The third kappa shape index (κ3) is 12.6. The quantitative estimate of drug-likeness (QED) is 0.0685. The van der Waals surface area contributed by atoms with Crippen molar-refractivity contribution in [3.05, 3.63) is 45.2 Å². The molecule has 0 radical (unpaired) electrons. The number of carbonyl (C=O) groups is 2. The van der Waals surface area contributed by atoms with Gasteiger partial charge in [0.1, 0.15) is 12.2 Å². The van der Waals surface area contributed by atoms with Crippen molar-refractivity contribution in [2.75, 3.05) is 18.0 Å². The molecule has 0 aliphatic rings. The van der Waals surface area contributed by atoms with Crippen molar-refractivity contribution in [1.29, 1.82) is 0 Å².